The molecule has 5 heteroatoms. The Balaban J connectivity index is 2.58. The van der Waals surface area contributed by atoms with Crippen molar-refractivity contribution < 1.29 is 14.7 Å². The third-order valence-corrected chi connectivity index (χ3v) is 3.37. The first kappa shape index (κ1) is 18.2. The molecule has 1 unspecified atom stereocenters. The molecule has 0 saturated heterocycles. The van der Waals surface area contributed by atoms with Gasteiger partial charge in [0.25, 0.3) is 0 Å². The van der Waals surface area contributed by atoms with Gasteiger partial charge in [0.05, 0.1) is 19.0 Å². The summed E-state index contributed by atoms with van der Waals surface area (Å²) >= 11 is 0. The van der Waals surface area contributed by atoms with Crippen molar-refractivity contribution in [1.82, 2.24) is 10.2 Å². The number of hydrogen-bond donors (Lipinski definition) is 2. The standard InChI is InChI=1S/C17H26N2O3/c1-13(2)11-15(14-7-5-4-6-8-14)18-16(20)12-19(3)10-9-17(21)22/h4-8,13,15H,9-12H2,1-3H3,(H,18,20)(H,21,22). The van der Waals surface area contributed by atoms with Gasteiger partial charge in [-0.15, -0.1) is 0 Å². The first-order chi connectivity index (χ1) is 10.4. The van der Waals surface area contributed by atoms with Crippen LogP contribution in [-0.2, 0) is 9.59 Å². The summed E-state index contributed by atoms with van der Waals surface area (Å²) in [4.78, 5) is 24.4. The number of nitrogens with one attached hydrogen (secondary N) is 1. The van der Waals surface area contributed by atoms with Crippen LogP contribution in [0.15, 0.2) is 30.3 Å². The molecule has 0 aliphatic heterocycles. The van der Waals surface area contributed by atoms with E-state index in [0.29, 0.717) is 12.5 Å². The molecule has 0 spiro atoms. The molecule has 0 aromatic heterocycles. The Bertz CT molecular complexity index is 474. The summed E-state index contributed by atoms with van der Waals surface area (Å²) in [5.74, 6) is -0.466. The largest absolute Gasteiger partial charge is 0.481 e. The van der Waals surface area contributed by atoms with Crippen LogP contribution in [0.1, 0.15) is 38.3 Å². The number of amides is 1. The van der Waals surface area contributed by atoms with Crippen molar-refractivity contribution in [2.75, 3.05) is 20.1 Å². The fourth-order valence-corrected chi connectivity index (χ4v) is 2.29. The summed E-state index contributed by atoms with van der Waals surface area (Å²) < 4.78 is 0. The highest BCUT2D eigenvalue weighted by Crippen LogP contribution is 2.20. The number of aliphatic carboxylic acids is 1. The highest BCUT2D eigenvalue weighted by atomic mass is 16.4. The van der Waals surface area contributed by atoms with E-state index in [1.165, 1.54) is 0 Å². The highest BCUT2D eigenvalue weighted by molar-refractivity contribution is 5.78. The Hall–Kier alpha value is -1.88. The van der Waals surface area contributed by atoms with E-state index in [0.717, 1.165) is 12.0 Å². The van der Waals surface area contributed by atoms with E-state index in [-0.39, 0.29) is 24.9 Å². The number of carboxylic acid groups (broad SMARTS) is 1. The molecule has 5 nitrogen and oxygen atoms in total. The molecule has 1 aromatic carbocycles. The van der Waals surface area contributed by atoms with Gasteiger partial charge in [0.15, 0.2) is 0 Å². The maximum atomic E-state index is 12.2. The van der Waals surface area contributed by atoms with Crippen LogP contribution in [-0.4, -0.2) is 42.0 Å². The van der Waals surface area contributed by atoms with E-state index in [1.807, 2.05) is 30.3 Å². The molecule has 1 amide bonds. The van der Waals surface area contributed by atoms with Gasteiger partial charge in [0, 0.05) is 6.54 Å². The second-order valence-corrected chi connectivity index (χ2v) is 6.04. The fraction of sp³-hybridized carbons (Fsp3) is 0.529. The van der Waals surface area contributed by atoms with Crippen LogP contribution < -0.4 is 5.32 Å². The molecule has 0 heterocycles. The number of nitrogens with zero attached hydrogens (tertiary/aromatic N) is 1. The lowest BCUT2D eigenvalue weighted by Crippen LogP contribution is -2.38. The zero-order valence-electron chi connectivity index (χ0n) is 13.6. The summed E-state index contributed by atoms with van der Waals surface area (Å²) in [6.45, 7) is 4.82. The molecular weight excluding hydrogens is 280 g/mol. The molecule has 0 bridgehead atoms. The summed E-state index contributed by atoms with van der Waals surface area (Å²) in [7, 11) is 1.75. The zero-order valence-corrected chi connectivity index (χ0v) is 13.6. The normalized spacial score (nSPS) is 12.4. The van der Waals surface area contributed by atoms with Crippen molar-refractivity contribution in [3.8, 4) is 0 Å². The smallest absolute Gasteiger partial charge is 0.304 e. The highest BCUT2D eigenvalue weighted by Gasteiger charge is 2.17. The molecule has 1 aromatic rings. The third-order valence-electron chi connectivity index (χ3n) is 3.37. The molecule has 2 N–H and O–H groups in total. The lowest BCUT2D eigenvalue weighted by Gasteiger charge is -2.23. The predicted molar refractivity (Wildman–Crippen MR) is 86.5 cm³/mol. The van der Waals surface area contributed by atoms with Gasteiger partial charge in [-0.3, -0.25) is 14.5 Å². The van der Waals surface area contributed by atoms with Crippen molar-refractivity contribution in [2.24, 2.45) is 5.92 Å². The predicted octanol–water partition coefficient (Wildman–Crippen LogP) is 2.30. The number of rotatable bonds is 9. The van der Waals surface area contributed by atoms with E-state index in [1.54, 1.807) is 11.9 Å². The van der Waals surface area contributed by atoms with E-state index in [2.05, 4.69) is 19.2 Å². The number of hydrogen-bond acceptors (Lipinski definition) is 3. The average molecular weight is 306 g/mol. The molecule has 1 rings (SSSR count). The van der Waals surface area contributed by atoms with E-state index >= 15 is 0 Å². The first-order valence-electron chi connectivity index (χ1n) is 7.63. The van der Waals surface area contributed by atoms with E-state index < -0.39 is 5.97 Å². The molecule has 1 atom stereocenters. The molecule has 0 aliphatic carbocycles. The van der Waals surface area contributed by atoms with Crippen molar-refractivity contribution in [3.63, 3.8) is 0 Å². The molecule has 0 fully saturated rings. The third kappa shape index (κ3) is 7.22. The van der Waals surface area contributed by atoms with Gasteiger partial charge < -0.3 is 10.4 Å². The molecule has 122 valence electrons. The van der Waals surface area contributed by atoms with Gasteiger partial charge >= 0.3 is 5.97 Å². The minimum absolute atomic E-state index is 0.0124. The summed E-state index contributed by atoms with van der Waals surface area (Å²) in [5, 5.41) is 11.7. The average Bonchev–Trinajstić information content (AvgIpc) is 2.45. The second kappa shape index (κ2) is 9.20. The fourth-order valence-electron chi connectivity index (χ4n) is 2.29. The Morgan fingerprint density at radius 2 is 1.86 bits per heavy atom. The van der Waals surface area contributed by atoms with Crippen LogP contribution in [0.2, 0.25) is 0 Å². The van der Waals surface area contributed by atoms with Crippen molar-refractivity contribution in [3.05, 3.63) is 35.9 Å². The maximum absolute atomic E-state index is 12.2. The van der Waals surface area contributed by atoms with Gasteiger partial charge in [-0.1, -0.05) is 44.2 Å². The van der Waals surface area contributed by atoms with Crippen LogP contribution in [0.4, 0.5) is 0 Å². The Morgan fingerprint density at radius 1 is 1.23 bits per heavy atom. The molecule has 22 heavy (non-hydrogen) atoms. The maximum Gasteiger partial charge on any atom is 0.304 e. The number of carbonyl (C=O) groups is 2. The first-order valence-corrected chi connectivity index (χ1v) is 7.63. The number of benzene rings is 1. The van der Waals surface area contributed by atoms with Gasteiger partial charge in [0.2, 0.25) is 5.91 Å². The zero-order chi connectivity index (χ0) is 16.5. The van der Waals surface area contributed by atoms with Crippen LogP contribution in [0.5, 0.6) is 0 Å². The van der Waals surface area contributed by atoms with Crippen LogP contribution in [0.25, 0.3) is 0 Å². The lowest BCUT2D eigenvalue weighted by atomic mass is 9.97. The minimum atomic E-state index is -0.853. The number of carbonyl (C=O) groups excluding carboxylic acids is 1. The number of carboxylic acids is 1. The number of likely N-dealkylation sites (N-methyl/N-ethyl adjacent to an activating group) is 1. The lowest BCUT2D eigenvalue weighted by molar-refractivity contribution is -0.137. The van der Waals surface area contributed by atoms with Crippen LogP contribution in [0, 0.1) is 5.92 Å². The van der Waals surface area contributed by atoms with Gasteiger partial charge in [-0.2, -0.15) is 0 Å². The summed E-state index contributed by atoms with van der Waals surface area (Å²) in [6.07, 6.45) is 0.909. The van der Waals surface area contributed by atoms with E-state index in [9.17, 15) is 9.59 Å². The summed E-state index contributed by atoms with van der Waals surface area (Å²) in [5.41, 5.74) is 1.10. The second-order valence-electron chi connectivity index (χ2n) is 6.04. The van der Waals surface area contributed by atoms with Crippen LogP contribution in [0.3, 0.4) is 0 Å². The monoisotopic (exact) mass is 306 g/mol. The minimum Gasteiger partial charge on any atom is -0.481 e. The van der Waals surface area contributed by atoms with Crippen molar-refractivity contribution >= 4 is 11.9 Å². The Labute approximate surface area is 132 Å². The van der Waals surface area contributed by atoms with Crippen molar-refractivity contribution in [1.29, 1.82) is 0 Å². The SMILES string of the molecule is CC(C)CC(NC(=O)CN(C)CCC(=O)O)c1ccccc1. The summed E-state index contributed by atoms with van der Waals surface area (Å²) in [6, 6.07) is 9.91. The van der Waals surface area contributed by atoms with Gasteiger partial charge in [-0.25, -0.2) is 0 Å². The quantitative estimate of drug-likeness (QED) is 0.734. The van der Waals surface area contributed by atoms with Crippen LogP contribution >= 0.6 is 0 Å². The van der Waals surface area contributed by atoms with E-state index in [4.69, 9.17) is 5.11 Å². The van der Waals surface area contributed by atoms with Crippen molar-refractivity contribution in [2.45, 2.75) is 32.7 Å². The van der Waals surface area contributed by atoms with Gasteiger partial charge in [0.1, 0.15) is 0 Å². The molecule has 0 radical (unpaired) electrons. The Kier molecular flexibility index (Phi) is 7.60. The van der Waals surface area contributed by atoms with Gasteiger partial charge in [-0.05, 0) is 24.9 Å². The molecule has 0 aliphatic rings. The Morgan fingerprint density at radius 3 is 2.41 bits per heavy atom. The molecule has 0 saturated carbocycles. The molecular formula is C17H26N2O3. The topological polar surface area (TPSA) is 69.6 Å².